The van der Waals surface area contributed by atoms with Gasteiger partial charge in [-0.25, -0.2) is 14.6 Å². The van der Waals surface area contributed by atoms with E-state index in [0.717, 1.165) is 0 Å². The second kappa shape index (κ2) is 6.60. The Morgan fingerprint density at radius 2 is 2.22 bits per heavy atom. The summed E-state index contributed by atoms with van der Waals surface area (Å²) in [4.78, 5) is 29.0. The Hall–Kier alpha value is -2.09. The summed E-state index contributed by atoms with van der Waals surface area (Å²) in [5.74, 6) is -0.706. The maximum Gasteiger partial charge on any atom is 0.328 e. The van der Waals surface area contributed by atoms with E-state index in [2.05, 4.69) is 20.6 Å². The normalized spacial score (nSPS) is 13.7. The molecule has 1 rings (SSSR count). The molecule has 1 aromatic rings. The van der Waals surface area contributed by atoms with Crippen LogP contribution < -0.4 is 10.6 Å². The van der Waals surface area contributed by atoms with E-state index in [9.17, 15) is 9.59 Å². The van der Waals surface area contributed by atoms with Crippen LogP contribution in [-0.4, -0.2) is 44.8 Å². The number of aliphatic hydroxyl groups is 1. The Morgan fingerprint density at radius 1 is 1.50 bits per heavy atom. The zero-order chi connectivity index (χ0) is 13.5. The van der Waals surface area contributed by atoms with Gasteiger partial charge >= 0.3 is 12.0 Å². The third kappa shape index (κ3) is 3.74. The number of carbonyl (C=O) groups is 2. The molecule has 0 saturated heterocycles. The van der Waals surface area contributed by atoms with E-state index >= 15 is 0 Å². The summed E-state index contributed by atoms with van der Waals surface area (Å²) in [5, 5.41) is 22.2. The number of nitrogens with zero attached hydrogens (tertiary/aromatic N) is 1. The fourth-order valence-electron chi connectivity index (χ4n) is 1.38. The van der Waals surface area contributed by atoms with Crippen LogP contribution in [0.4, 0.5) is 4.79 Å². The number of carboxylic acids is 1. The molecule has 1 aromatic heterocycles. The third-order valence-corrected chi connectivity index (χ3v) is 2.35. The summed E-state index contributed by atoms with van der Waals surface area (Å²) < 4.78 is 0. The van der Waals surface area contributed by atoms with E-state index < -0.39 is 24.6 Å². The maximum atomic E-state index is 11.5. The highest BCUT2D eigenvalue weighted by atomic mass is 16.4. The molecule has 0 aromatic carbocycles. The lowest BCUT2D eigenvalue weighted by Gasteiger charge is -2.17. The lowest BCUT2D eigenvalue weighted by atomic mass is 10.2. The average molecular weight is 256 g/mol. The lowest BCUT2D eigenvalue weighted by Crippen LogP contribution is -2.48. The van der Waals surface area contributed by atoms with Crippen molar-refractivity contribution in [3.05, 3.63) is 18.2 Å². The van der Waals surface area contributed by atoms with Gasteiger partial charge in [0.2, 0.25) is 0 Å². The van der Waals surface area contributed by atoms with E-state index in [1.54, 1.807) is 12.4 Å². The van der Waals surface area contributed by atoms with Crippen molar-refractivity contribution in [1.82, 2.24) is 20.6 Å². The number of aliphatic hydroxyl groups excluding tert-OH is 1. The topological polar surface area (TPSA) is 127 Å². The summed E-state index contributed by atoms with van der Waals surface area (Å²) in [6.45, 7) is 1.19. The highest BCUT2D eigenvalue weighted by Crippen LogP contribution is 2.10. The molecule has 2 amide bonds. The van der Waals surface area contributed by atoms with Crippen LogP contribution >= 0.6 is 0 Å². The first-order valence-electron chi connectivity index (χ1n) is 5.48. The molecule has 0 spiro atoms. The number of carboxylic acid groups (broad SMARTS) is 1. The molecule has 0 aliphatic rings. The van der Waals surface area contributed by atoms with E-state index in [-0.39, 0.29) is 6.04 Å². The number of aromatic amines is 1. The average Bonchev–Trinajstić information content (AvgIpc) is 2.86. The van der Waals surface area contributed by atoms with Crippen molar-refractivity contribution in [2.45, 2.75) is 25.4 Å². The van der Waals surface area contributed by atoms with Crippen LogP contribution in [-0.2, 0) is 4.79 Å². The Kier molecular flexibility index (Phi) is 5.12. The number of carbonyl (C=O) groups excluding carboxylic acids is 1. The number of amides is 2. The first kappa shape index (κ1) is 14.0. The van der Waals surface area contributed by atoms with E-state index in [1.165, 1.54) is 0 Å². The van der Waals surface area contributed by atoms with E-state index in [1.807, 2.05) is 6.92 Å². The maximum absolute atomic E-state index is 11.5. The minimum absolute atomic E-state index is 0.340. The molecule has 100 valence electrons. The Labute approximate surface area is 103 Å². The number of hydrogen-bond acceptors (Lipinski definition) is 4. The van der Waals surface area contributed by atoms with Crippen LogP contribution in [0.1, 0.15) is 25.2 Å². The first-order chi connectivity index (χ1) is 8.58. The van der Waals surface area contributed by atoms with Gasteiger partial charge in [-0.1, -0.05) is 6.92 Å². The molecule has 0 fully saturated rings. The summed E-state index contributed by atoms with van der Waals surface area (Å²) in [6, 6.07) is -2.33. The quantitative estimate of drug-likeness (QED) is 0.473. The second-order valence-electron chi connectivity index (χ2n) is 3.63. The third-order valence-electron chi connectivity index (χ3n) is 2.35. The van der Waals surface area contributed by atoms with Gasteiger partial charge in [-0.15, -0.1) is 0 Å². The van der Waals surface area contributed by atoms with Crippen molar-refractivity contribution in [2.75, 3.05) is 6.61 Å². The minimum atomic E-state index is -1.32. The van der Waals surface area contributed by atoms with E-state index in [4.69, 9.17) is 10.2 Å². The molecule has 0 saturated carbocycles. The van der Waals surface area contributed by atoms with Gasteiger partial charge in [-0.2, -0.15) is 0 Å². The molecule has 0 bridgehead atoms. The number of urea groups is 1. The number of aliphatic carboxylic acids is 1. The molecule has 2 unspecified atom stereocenters. The van der Waals surface area contributed by atoms with Gasteiger partial charge in [0.15, 0.2) is 6.04 Å². The molecule has 0 aliphatic heterocycles. The summed E-state index contributed by atoms with van der Waals surface area (Å²) in [6.07, 6.45) is 3.79. The minimum Gasteiger partial charge on any atom is -0.480 e. The number of H-pyrrole nitrogens is 1. The molecular weight excluding hydrogens is 240 g/mol. The first-order valence-corrected chi connectivity index (χ1v) is 5.48. The number of imidazole rings is 1. The highest BCUT2D eigenvalue weighted by molar-refractivity contribution is 5.82. The molecule has 0 radical (unpaired) electrons. The zero-order valence-electron chi connectivity index (χ0n) is 9.88. The Bertz CT molecular complexity index is 393. The Morgan fingerprint density at radius 3 is 2.67 bits per heavy atom. The van der Waals surface area contributed by atoms with Crippen LogP contribution in [0.15, 0.2) is 12.4 Å². The second-order valence-corrected chi connectivity index (χ2v) is 3.63. The van der Waals surface area contributed by atoms with Gasteiger partial charge in [0.25, 0.3) is 0 Å². The number of rotatable bonds is 6. The van der Waals surface area contributed by atoms with Crippen LogP contribution in [0.25, 0.3) is 0 Å². The number of hydrogen-bond donors (Lipinski definition) is 5. The molecule has 8 nitrogen and oxygen atoms in total. The van der Waals surface area contributed by atoms with Gasteiger partial charge in [0, 0.05) is 12.4 Å². The predicted octanol–water partition coefficient (Wildman–Crippen LogP) is -0.394. The van der Waals surface area contributed by atoms with Crippen LogP contribution in [0.3, 0.4) is 0 Å². The van der Waals surface area contributed by atoms with Crippen LogP contribution in [0.5, 0.6) is 0 Å². The largest absolute Gasteiger partial charge is 0.480 e. The molecule has 18 heavy (non-hydrogen) atoms. The van der Waals surface area contributed by atoms with Crippen molar-refractivity contribution in [2.24, 2.45) is 0 Å². The molecular formula is C10H16N4O4. The molecule has 1 heterocycles. The van der Waals surface area contributed by atoms with Gasteiger partial charge in [0.05, 0.1) is 12.6 Å². The summed E-state index contributed by atoms with van der Waals surface area (Å²) in [7, 11) is 0. The molecule has 5 N–H and O–H groups in total. The predicted molar refractivity (Wildman–Crippen MR) is 61.8 cm³/mol. The zero-order valence-corrected chi connectivity index (χ0v) is 9.88. The van der Waals surface area contributed by atoms with Gasteiger partial charge in [0.1, 0.15) is 5.82 Å². The molecule has 2 atom stereocenters. The van der Waals surface area contributed by atoms with Crippen LogP contribution in [0, 0.1) is 0 Å². The van der Waals surface area contributed by atoms with Crippen molar-refractivity contribution >= 4 is 12.0 Å². The summed E-state index contributed by atoms with van der Waals surface area (Å²) in [5.41, 5.74) is 0. The smallest absolute Gasteiger partial charge is 0.328 e. The summed E-state index contributed by atoms with van der Waals surface area (Å²) >= 11 is 0. The van der Waals surface area contributed by atoms with Gasteiger partial charge in [-0.3, -0.25) is 0 Å². The SMILES string of the molecule is CCC(NC(=O)NC(CO)C(=O)O)c1ncc[nH]1. The van der Waals surface area contributed by atoms with Gasteiger partial charge < -0.3 is 25.8 Å². The fraction of sp³-hybridized carbons (Fsp3) is 0.500. The standard InChI is InChI=1S/C10H16N4O4/c1-2-6(8-11-3-4-12-8)13-10(18)14-7(5-15)9(16)17/h3-4,6-7,15H,2,5H2,1H3,(H,11,12)(H,16,17)(H2,13,14,18). The number of nitrogens with one attached hydrogen (secondary N) is 3. The van der Waals surface area contributed by atoms with Crippen molar-refractivity contribution < 1.29 is 19.8 Å². The van der Waals surface area contributed by atoms with Crippen LogP contribution in [0.2, 0.25) is 0 Å². The van der Waals surface area contributed by atoms with E-state index in [0.29, 0.717) is 12.2 Å². The molecule has 8 heteroatoms. The van der Waals surface area contributed by atoms with Crippen molar-refractivity contribution in [3.63, 3.8) is 0 Å². The van der Waals surface area contributed by atoms with Gasteiger partial charge in [-0.05, 0) is 6.42 Å². The fourth-order valence-corrected chi connectivity index (χ4v) is 1.38. The highest BCUT2D eigenvalue weighted by Gasteiger charge is 2.21. The number of aromatic nitrogens is 2. The van der Waals surface area contributed by atoms with Crippen molar-refractivity contribution in [1.29, 1.82) is 0 Å². The lowest BCUT2D eigenvalue weighted by molar-refractivity contribution is -0.140. The van der Waals surface area contributed by atoms with Crippen molar-refractivity contribution in [3.8, 4) is 0 Å². The Balaban J connectivity index is 2.55. The molecule has 0 aliphatic carbocycles. The monoisotopic (exact) mass is 256 g/mol.